The molecule has 2 aromatic rings. The van der Waals surface area contributed by atoms with Gasteiger partial charge in [-0.3, -0.25) is 19.3 Å². The molecule has 7 heteroatoms. The topological polar surface area (TPSA) is 74.7 Å². The Morgan fingerprint density at radius 3 is 2.38 bits per heavy atom. The normalized spacial score (nSPS) is 16.1. The number of aromatic nitrogens is 1. The van der Waals surface area contributed by atoms with Gasteiger partial charge in [0.1, 0.15) is 11.1 Å². The van der Waals surface area contributed by atoms with Gasteiger partial charge in [-0.25, -0.2) is 0 Å². The Hall–Kier alpha value is -2.93. The summed E-state index contributed by atoms with van der Waals surface area (Å²) in [6.07, 6.45) is 4.03. The number of likely N-dealkylation sites (N-methyl/N-ethyl adjacent to an activating group) is 1. The SMILES string of the molecule is CCN(CC)[C@H]1CCN(C(=O)c2cn(C(C)C)cc(C(=O)NCc3ccccc3)c2=O)C1. The number of likely N-dealkylation sites (tertiary alicyclic amines) is 1. The Bertz CT molecular complexity index is 996. The fourth-order valence-corrected chi connectivity index (χ4v) is 4.22. The van der Waals surface area contributed by atoms with E-state index in [1.165, 1.54) is 0 Å². The number of hydrogen-bond donors (Lipinski definition) is 1. The van der Waals surface area contributed by atoms with Crippen molar-refractivity contribution in [3.05, 3.63) is 69.6 Å². The molecule has 0 unspecified atom stereocenters. The number of hydrogen-bond acceptors (Lipinski definition) is 4. The zero-order valence-electron chi connectivity index (χ0n) is 19.5. The van der Waals surface area contributed by atoms with E-state index in [4.69, 9.17) is 0 Å². The first kappa shape index (κ1) is 23.7. The van der Waals surface area contributed by atoms with E-state index in [-0.39, 0.29) is 23.1 Å². The number of nitrogens with zero attached hydrogens (tertiary/aromatic N) is 3. The molecule has 7 nitrogen and oxygen atoms in total. The molecule has 1 aliphatic heterocycles. The van der Waals surface area contributed by atoms with E-state index in [2.05, 4.69) is 24.1 Å². The summed E-state index contributed by atoms with van der Waals surface area (Å²) < 4.78 is 1.77. The van der Waals surface area contributed by atoms with Gasteiger partial charge in [-0.05, 0) is 38.9 Å². The van der Waals surface area contributed by atoms with Crippen LogP contribution >= 0.6 is 0 Å². The lowest BCUT2D eigenvalue weighted by Gasteiger charge is -2.26. The van der Waals surface area contributed by atoms with E-state index in [0.717, 1.165) is 25.1 Å². The van der Waals surface area contributed by atoms with Crippen LogP contribution in [0.4, 0.5) is 0 Å². The molecule has 1 aromatic carbocycles. The highest BCUT2D eigenvalue weighted by atomic mass is 16.2. The summed E-state index contributed by atoms with van der Waals surface area (Å²) in [4.78, 5) is 43.5. The molecule has 1 aromatic heterocycles. The third-order valence-corrected chi connectivity index (χ3v) is 6.19. The van der Waals surface area contributed by atoms with Gasteiger partial charge in [0, 0.05) is 44.1 Å². The maximum absolute atomic E-state index is 13.3. The van der Waals surface area contributed by atoms with Crippen molar-refractivity contribution < 1.29 is 9.59 Å². The number of amides is 2. The Morgan fingerprint density at radius 1 is 1.09 bits per heavy atom. The monoisotopic (exact) mass is 438 g/mol. The highest BCUT2D eigenvalue weighted by Crippen LogP contribution is 2.18. The second-order valence-corrected chi connectivity index (χ2v) is 8.54. The molecule has 0 bridgehead atoms. The predicted octanol–water partition coefficient (Wildman–Crippen LogP) is 2.92. The number of carbonyl (C=O) groups is 2. The third-order valence-electron chi connectivity index (χ3n) is 6.19. The molecule has 1 saturated heterocycles. The van der Waals surface area contributed by atoms with Crippen molar-refractivity contribution in [2.45, 2.75) is 52.7 Å². The van der Waals surface area contributed by atoms with Crippen LogP contribution in [0, 0.1) is 0 Å². The van der Waals surface area contributed by atoms with Crippen LogP contribution in [0.15, 0.2) is 47.5 Å². The maximum Gasteiger partial charge on any atom is 0.259 e. The summed E-state index contributed by atoms with van der Waals surface area (Å²) >= 11 is 0. The van der Waals surface area contributed by atoms with Crippen molar-refractivity contribution in [1.82, 2.24) is 19.7 Å². The first-order valence-corrected chi connectivity index (χ1v) is 11.5. The van der Waals surface area contributed by atoms with Crippen molar-refractivity contribution in [3.8, 4) is 0 Å². The lowest BCUT2D eigenvalue weighted by Crippen LogP contribution is -2.40. The first-order chi connectivity index (χ1) is 15.3. The van der Waals surface area contributed by atoms with Crippen LogP contribution < -0.4 is 10.7 Å². The minimum absolute atomic E-state index is 0.0000269. The highest BCUT2D eigenvalue weighted by molar-refractivity contribution is 5.99. The fourth-order valence-electron chi connectivity index (χ4n) is 4.22. The summed E-state index contributed by atoms with van der Waals surface area (Å²) in [5.41, 5.74) is 0.492. The summed E-state index contributed by atoms with van der Waals surface area (Å²) in [6, 6.07) is 9.83. The van der Waals surface area contributed by atoms with Gasteiger partial charge in [-0.2, -0.15) is 0 Å². The first-order valence-electron chi connectivity index (χ1n) is 11.5. The van der Waals surface area contributed by atoms with E-state index in [1.54, 1.807) is 21.9 Å². The van der Waals surface area contributed by atoms with Crippen LogP contribution in [0.25, 0.3) is 0 Å². The van der Waals surface area contributed by atoms with Gasteiger partial charge >= 0.3 is 0 Å². The molecule has 1 N–H and O–H groups in total. The molecule has 2 heterocycles. The molecule has 1 aliphatic rings. The average Bonchev–Trinajstić information content (AvgIpc) is 3.28. The Balaban J connectivity index is 1.85. The number of carbonyl (C=O) groups excluding carboxylic acids is 2. The van der Waals surface area contributed by atoms with Gasteiger partial charge in [0.25, 0.3) is 11.8 Å². The van der Waals surface area contributed by atoms with Gasteiger partial charge in [0.15, 0.2) is 0 Å². The number of pyridine rings is 1. The predicted molar refractivity (Wildman–Crippen MR) is 126 cm³/mol. The van der Waals surface area contributed by atoms with Crippen LogP contribution in [0.2, 0.25) is 0 Å². The second kappa shape index (κ2) is 10.6. The number of benzene rings is 1. The van der Waals surface area contributed by atoms with E-state index < -0.39 is 11.3 Å². The van der Waals surface area contributed by atoms with Crippen molar-refractivity contribution in [2.75, 3.05) is 26.2 Å². The zero-order chi connectivity index (χ0) is 23.3. The van der Waals surface area contributed by atoms with E-state index in [1.807, 2.05) is 44.2 Å². The van der Waals surface area contributed by atoms with Crippen molar-refractivity contribution in [1.29, 1.82) is 0 Å². The van der Waals surface area contributed by atoms with Crippen molar-refractivity contribution in [2.24, 2.45) is 0 Å². The third kappa shape index (κ3) is 5.27. The van der Waals surface area contributed by atoms with Crippen LogP contribution in [0.3, 0.4) is 0 Å². The van der Waals surface area contributed by atoms with Crippen LogP contribution in [0.1, 0.15) is 66.4 Å². The van der Waals surface area contributed by atoms with Gasteiger partial charge < -0.3 is 14.8 Å². The van der Waals surface area contributed by atoms with Crippen molar-refractivity contribution >= 4 is 11.8 Å². The number of rotatable bonds is 8. The van der Waals surface area contributed by atoms with Crippen LogP contribution in [-0.2, 0) is 6.54 Å². The molecular formula is C25H34N4O3. The molecule has 2 amide bonds. The molecular weight excluding hydrogens is 404 g/mol. The molecule has 0 saturated carbocycles. The highest BCUT2D eigenvalue weighted by Gasteiger charge is 2.31. The Labute approximate surface area is 190 Å². The Kier molecular flexibility index (Phi) is 7.85. The van der Waals surface area contributed by atoms with Crippen molar-refractivity contribution in [3.63, 3.8) is 0 Å². The quantitative estimate of drug-likeness (QED) is 0.688. The zero-order valence-corrected chi connectivity index (χ0v) is 19.5. The lowest BCUT2D eigenvalue weighted by atomic mass is 10.1. The molecule has 0 radical (unpaired) electrons. The average molecular weight is 439 g/mol. The summed E-state index contributed by atoms with van der Waals surface area (Å²) in [7, 11) is 0. The standard InChI is InChI=1S/C25H34N4O3/c1-5-27(6-2)20-12-13-28(15-20)25(32)22-17-29(18(3)4)16-21(23(22)30)24(31)26-14-19-10-8-7-9-11-19/h7-11,16-18,20H,5-6,12-15H2,1-4H3,(H,26,31)/t20-/m0/s1. The molecule has 1 atom stereocenters. The van der Waals surface area contributed by atoms with Crippen LogP contribution in [-0.4, -0.2) is 58.4 Å². The molecule has 0 aliphatic carbocycles. The lowest BCUT2D eigenvalue weighted by molar-refractivity contribution is 0.0775. The van der Waals surface area contributed by atoms with E-state index in [0.29, 0.717) is 25.7 Å². The molecule has 3 rings (SSSR count). The molecule has 172 valence electrons. The van der Waals surface area contributed by atoms with E-state index in [9.17, 15) is 14.4 Å². The smallest absolute Gasteiger partial charge is 0.259 e. The summed E-state index contributed by atoms with van der Waals surface area (Å²) in [5.74, 6) is -0.762. The molecule has 0 spiro atoms. The number of nitrogens with one attached hydrogen (secondary N) is 1. The molecule has 32 heavy (non-hydrogen) atoms. The Morgan fingerprint density at radius 2 is 1.75 bits per heavy atom. The largest absolute Gasteiger partial charge is 0.350 e. The van der Waals surface area contributed by atoms with Gasteiger partial charge in [0.2, 0.25) is 5.43 Å². The summed E-state index contributed by atoms with van der Waals surface area (Å²) in [6.45, 7) is 11.5. The maximum atomic E-state index is 13.3. The summed E-state index contributed by atoms with van der Waals surface area (Å²) in [5, 5.41) is 2.81. The molecule has 1 fully saturated rings. The minimum atomic E-state index is -0.510. The minimum Gasteiger partial charge on any atom is -0.350 e. The van der Waals surface area contributed by atoms with E-state index >= 15 is 0 Å². The van der Waals surface area contributed by atoms with Gasteiger partial charge in [-0.15, -0.1) is 0 Å². The van der Waals surface area contributed by atoms with Gasteiger partial charge in [-0.1, -0.05) is 44.2 Å². The van der Waals surface area contributed by atoms with Gasteiger partial charge in [0.05, 0.1) is 0 Å². The van der Waals surface area contributed by atoms with Crippen LogP contribution in [0.5, 0.6) is 0 Å². The fraction of sp³-hybridized carbons (Fsp3) is 0.480. The second-order valence-electron chi connectivity index (χ2n) is 8.54.